The predicted molar refractivity (Wildman–Crippen MR) is 139 cm³/mol. The summed E-state index contributed by atoms with van der Waals surface area (Å²) in [6, 6.07) is 8.83. The third kappa shape index (κ3) is 6.60. The Morgan fingerprint density at radius 1 is 0.927 bits per heavy atom. The van der Waals surface area contributed by atoms with Crippen LogP contribution in [0.25, 0.3) is 12.2 Å². The maximum Gasteiger partial charge on any atom is 0.364 e. The summed E-state index contributed by atoms with van der Waals surface area (Å²) in [4.78, 5) is 36.8. The first-order chi connectivity index (χ1) is 19.5. The molecule has 0 spiro atoms. The largest absolute Gasteiger partial charge is 0.504 e. The van der Waals surface area contributed by atoms with Crippen molar-refractivity contribution in [2.75, 3.05) is 20.8 Å². The van der Waals surface area contributed by atoms with Crippen molar-refractivity contribution < 1.29 is 63.2 Å². The lowest BCUT2D eigenvalue weighted by Crippen LogP contribution is -2.55. The molecule has 4 rings (SSSR count). The van der Waals surface area contributed by atoms with Gasteiger partial charge in [0.05, 0.1) is 20.3 Å². The van der Waals surface area contributed by atoms with Crippen molar-refractivity contribution in [3.63, 3.8) is 0 Å². The van der Waals surface area contributed by atoms with Crippen molar-refractivity contribution in [2.24, 2.45) is 0 Å². The maximum atomic E-state index is 12.6. The van der Waals surface area contributed by atoms with Crippen LogP contribution in [0.5, 0.6) is 23.0 Å². The Kier molecular flexibility index (Phi) is 8.81. The molecular formula is C28H28O13. The monoisotopic (exact) mass is 572 g/mol. The molecule has 2 bridgehead atoms. The van der Waals surface area contributed by atoms with Crippen LogP contribution >= 0.6 is 0 Å². The number of rotatable bonds is 10. The first-order valence-corrected chi connectivity index (χ1v) is 12.3. The number of fused-ring (bicyclic) bond motifs is 2. The molecule has 0 saturated carbocycles. The van der Waals surface area contributed by atoms with E-state index in [0.29, 0.717) is 11.1 Å². The number of aromatic hydroxyl groups is 2. The average Bonchev–Trinajstić information content (AvgIpc) is 3.27. The molecule has 2 aliphatic heterocycles. The first kappa shape index (κ1) is 29.4. The lowest BCUT2D eigenvalue weighted by atomic mass is 9.95. The molecular weight excluding hydrogens is 544 g/mol. The zero-order chi connectivity index (χ0) is 29.7. The van der Waals surface area contributed by atoms with E-state index < -0.39 is 61.1 Å². The van der Waals surface area contributed by atoms with E-state index in [2.05, 4.69) is 0 Å². The minimum atomic E-state index is -2.21. The fourth-order valence-corrected chi connectivity index (χ4v) is 4.39. The molecule has 2 aromatic rings. The number of esters is 2. The van der Waals surface area contributed by atoms with Gasteiger partial charge in [-0.1, -0.05) is 12.1 Å². The zero-order valence-electron chi connectivity index (χ0n) is 22.0. The summed E-state index contributed by atoms with van der Waals surface area (Å²) in [7, 11) is 2.75. The molecule has 0 radical (unpaired) electrons. The SMILES string of the molecule is COc1cc(/C=C/C(=O)OC[C@H]2O[C@@]3(C(=O)O)C[C@@H](O)[C@@H](OC(=O)/C=C/c4ccc(O)c(OC)c4)[C@@H]2O3)ccc1O. The van der Waals surface area contributed by atoms with Gasteiger partial charge in [-0.25, -0.2) is 14.4 Å². The minimum Gasteiger partial charge on any atom is -0.504 e. The van der Waals surface area contributed by atoms with Crippen molar-refractivity contribution in [2.45, 2.75) is 36.6 Å². The van der Waals surface area contributed by atoms with E-state index in [-0.39, 0.29) is 23.0 Å². The number of hydrogen-bond acceptors (Lipinski definition) is 12. The molecule has 0 aromatic heterocycles. The van der Waals surface area contributed by atoms with Gasteiger partial charge in [0.2, 0.25) is 0 Å². The number of carbonyl (C=O) groups excluding carboxylic acids is 2. The van der Waals surface area contributed by atoms with E-state index in [1.165, 1.54) is 56.7 Å². The predicted octanol–water partition coefficient (Wildman–Crippen LogP) is 1.63. The first-order valence-electron chi connectivity index (χ1n) is 12.3. The lowest BCUT2D eigenvalue weighted by Gasteiger charge is -2.35. The Labute approximate surface area is 233 Å². The lowest BCUT2D eigenvalue weighted by molar-refractivity contribution is -0.247. The van der Waals surface area contributed by atoms with Gasteiger partial charge < -0.3 is 48.8 Å². The van der Waals surface area contributed by atoms with E-state index in [4.69, 9.17) is 28.4 Å². The fourth-order valence-electron chi connectivity index (χ4n) is 4.39. The summed E-state index contributed by atoms with van der Waals surface area (Å²) in [5, 5.41) is 39.7. The number of methoxy groups -OCH3 is 2. The molecule has 13 nitrogen and oxygen atoms in total. The number of benzene rings is 2. The van der Waals surface area contributed by atoms with E-state index in [1.54, 1.807) is 6.07 Å². The molecule has 218 valence electrons. The number of hydrogen-bond donors (Lipinski definition) is 4. The molecule has 2 saturated heterocycles. The number of phenolic OH excluding ortho intramolecular Hbond substituents is 2. The second-order valence-electron chi connectivity index (χ2n) is 9.13. The molecule has 13 heteroatoms. The van der Waals surface area contributed by atoms with Crippen LogP contribution in [0.1, 0.15) is 17.5 Å². The van der Waals surface area contributed by atoms with Crippen molar-refractivity contribution in [1.29, 1.82) is 0 Å². The molecule has 4 N–H and O–H groups in total. The third-order valence-corrected chi connectivity index (χ3v) is 6.41. The average molecular weight is 573 g/mol. The van der Waals surface area contributed by atoms with Gasteiger partial charge in [-0.15, -0.1) is 0 Å². The van der Waals surface area contributed by atoms with Crippen LogP contribution in [0.3, 0.4) is 0 Å². The van der Waals surface area contributed by atoms with Crippen molar-refractivity contribution in [3.8, 4) is 23.0 Å². The summed E-state index contributed by atoms with van der Waals surface area (Å²) in [5.41, 5.74) is 1.04. The Morgan fingerprint density at radius 2 is 1.49 bits per heavy atom. The van der Waals surface area contributed by atoms with E-state index in [1.807, 2.05) is 0 Å². The Morgan fingerprint density at radius 3 is 2.02 bits per heavy atom. The smallest absolute Gasteiger partial charge is 0.364 e. The van der Waals surface area contributed by atoms with Crippen molar-refractivity contribution in [3.05, 3.63) is 59.7 Å². The van der Waals surface area contributed by atoms with Crippen LogP contribution < -0.4 is 9.47 Å². The van der Waals surface area contributed by atoms with E-state index in [9.17, 15) is 34.8 Å². The summed E-state index contributed by atoms with van der Waals surface area (Å²) in [5.74, 6) is -5.13. The Hall–Kier alpha value is -4.59. The van der Waals surface area contributed by atoms with Gasteiger partial charge in [0.25, 0.3) is 5.79 Å². The second kappa shape index (κ2) is 12.3. The van der Waals surface area contributed by atoms with Crippen LogP contribution in [0.4, 0.5) is 0 Å². The molecule has 2 aromatic carbocycles. The minimum absolute atomic E-state index is 0.0717. The van der Waals surface area contributed by atoms with Gasteiger partial charge in [0.1, 0.15) is 18.8 Å². The normalized spacial score (nSPS) is 25.2. The van der Waals surface area contributed by atoms with Crippen molar-refractivity contribution >= 4 is 30.1 Å². The van der Waals surface area contributed by atoms with Gasteiger partial charge in [0.15, 0.2) is 29.1 Å². The van der Waals surface area contributed by atoms with Crippen LogP contribution in [0.15, 0.2) is 48.6 Å². The topological polar surface area (TPSA) is 188 Å². The highest BCUT2D eigenvalue weighted by Crippen LogP contribution is 2.42. The number of carbonyl (C=O) groups is 3. The highest BCUT2D eigenvalue weighted by molar-refractivity contribution is 5.88. The zero-order valence-corrected chi connectivity index (χ0v) is 22.0. The van der Waals surface area contributed by atoms with Gasteiger partial charge >= 0.3 is 17.9 Å². The fraction of sp³-hybridized carbons (Fsp3) is 0.321. The highest BCUT2D eigenvalue weighted by atomic mass is 16.8. The Balaban J connectivity index is 1.42. The number of aliphatic carboxylic acids is 1. The quantitative estimate of drug-likeness (QED) is 0.238. The molecule has 2 aliphatic rings. The van der Waals surface area contributed by atoms with E-state index in [0.717, 1.165) is 12.2 Å². The van der Waals surface area contributed by atoms with Crippen molar-refractivity contribution in [1.82, 2.24) is 0 Å². The molecule has 0 aliphatic carbocycles. The molecule has 0 amide bonds. The Bertz CT molecular complexity index is 1360. The molecule has 0 unspecified atom stereocenters. The summed E-state index contributed by atoms with van der Waals surface area (Å²) < 4.78 is 31.8. The second-order valence-corrected chi connectivity index (χ2v) is 9.13. The number of carboxylic acid groups (broad SMARTS) is 1. The van der Waals surface area contributed by atoms with Gasteiger partial charge in [0, 0.05) is 18.6 Å². The number of ether oxygens (including phenoxy) is 6. The summed E-state index contributed by atoms with van der Waals surface area (Å²) in [6.07, 6.45) is -0.789. The number of phenols is 2. The third-order valence-electron chi connectivity index (χ3n) is 6.41. The van der Waals surface area contributed by atoms with Gasteiger partial charge in [-0.3, -0.25) is 0 Å². The maximum absolute atomic E-state index is 12.6. The molecule has 41 heavy (non-hydrogen) atoms. The summed E-state index contributed by atoms with van der Waals surface area (Å²) in [6.45, 7) is -0.467. The van der Waals surface area contributed by atoms with Crippen LogP contribution in [-0.2, 0) is 33.3 Å². The van der Waals surface area contributed by atoms with Crippen LogP contribution in [0.2, 0.25) is 0 Å². The van der Waals surface area contributed by atoms with Crippen LogP contribution in [0, 0.1) is 0 Å². The molecule has 5 atom stereocenters. The van der Waals surface area contributed by atoms with E-state index >= 15 is 0 Å². The standard InChI is InChI=1S/C28H28O13/c1-36-20-11-15(3-7-17(20)29)5-9-23(32)38-14-22-26-25(19(31)13-28(40-22,41-26)27(34)35)39-24(33)10-6-16-4-8-18(30)21(12-16)37-2/h3-12,19,22,25-26,29-31H,13-14H2,1-2H3,(H,34,35)/b9-5+,10-6+/t19-,22-,25-,26-,28+/m1/s1. The molecule has 2 heterocycles. The number of aliphatic hydroxyl groups excluding tert-OH is 1. The van der Waals surface area contributed by atoms with Gasteiger partial charge in [-0.2, -0.15) is 0 Å². The number of carboxylic acids is 1. The van der Waals surface area contributed by atoms with Gasteiger partial charge in [-0.05, 0) is 47.5 Å². The summed E-state index contributed by atoms with van der Waals surface area (Å²) >= 11 is 0. The highest BCUT2D eigenvalue weighted by Gasteiger charge is 2.63. The molecule has 2 fully saturated rings. The van der Waals surface area contributed by atoms with Crippen LogP contribution in [-0.4, -0.2) is 89.4 Å². The number of aliphatic hydroxyl groups is 1.